The number of rotatable bonds is 3. The van der Waals surface area contributed by atoms with Crippen LogP contribution < -0.4 is 5.32 Å². The molecule has 5 heteroatoms. The fourth-order valence-electron chi connectivity index (χ4n) is 1.66. The van der Waals surface area contributed by atoms with Crippen molar-refractivity contribution in [2.24, 2.45) is 11.8 Å². The molecule has 0 aliphatic heterocycles. The topological polar surface area (TPSA) is 75.6 Å². The van der Waals surface area contributed by atoms with Crippen molar-refractivity contribution < 1.29 is 19.4 Å². The maximum Gasteiger partial charge on any atom is 0.407 e. The first-order valence-electron chi connectivity index (χ1n) is 4.98. The second kappa shape index (κ2) is 5.34. The maximum atomic E-state index is 11.1. The van der Waals surface area contributed by atoms with Gasteiger partial charge in [-0.25, -0.2) is 9.59 Å². The standard InChI is InChI=1S/C11H15NO4/c1-7-5-3-4-6-8(7)9(10(13)14)12-11(15)16-2/h3-9H,1-2H3,(H,12,15)(H,13,14). The highest BCUT2D eigenvalue weighted by Crippen LogP contribution is 2.22. The van der Waals surface area contributed by atoms with E-state index in [1.807, 2.05) is 19.1 Å². The molecule has 0 aromatic carbocycles. The molecule has 0 radical (unpaired) electrons. The Kier molecular flexibility index (Phi) is 4.10. The molecule has 0 fully saturated rings. The van der Waals surface area contributed by atoms with Gasteiger partial charge >= 0.3 is 12.1 Å². The molecule has 2 N–H and O–H groups in total. The Morgan fingerprint density at radius 2 is 2.00 bits per heavy atom. The number of carboxylic acid groups (broad SMARTS) is 1. The van der Waals surface area contributed by atoms with Crippen LogP contribution in [0.4, 0.5) is 4.79 Å². The Bertz CT molecular complexity index is 335. The molecule has 0 heterocycles. The van der Waals surface area contributed by atoms with Gasteiger partial charge in [0.2, 0.25) is 0 Å². The van der Waals surface area contributed by atoms with Crippen molar-refractivity contribution >= 4 is 12.1 Å². The summed E-state index contributed by atoms with van der Waals surface area (Å²) in [6.45, 7) is 1.90. The zero-order valence-electron chi connectivity index (χ0n) is 9.21. The van der Waals surface area contributed by atoms with E-state index in [9.17, 15) is 9.59 Å². The minimum Gasteiger partial charge on any atom is -0.480 e. The number of aliphatic carboxylic acids is 1. The summed E-state index contributed by atoms with van der Waals surface area (Å²) >= 11 is 0. The molecule has 0 aromatic heterocycles. The highest BCUT2D eigenvalue weighted by Gasteiger charge is 2.31. The minimum absolute atomic E-state index is 0.0586. The Hall–Kier alpha value is -1.78. The number of hydrogen-bond donors (Lipinski definition) is 2. The van der Waals surface area contributed by atoms with Crippen LogP contribution in [-0.2, 0) is 9.53 Å². The lowest BCUT2D eigenvalue weighted by atomic mass is 9.84. The van der Waals surface area contributed by atoms with Gasteiger partial charge in [-0.3, -0.25) is 0 Å². The van der Waals surface area contributed by atoms with Gasteiger partial charge in [0.15, 0.2) is 0 Å². The number of nitrogens with one attached hydrogen (secondary N) is 1. The molecule has 0 bridgehead atoms. The fourth-order valence-corrected chi connectivity index (χ4v) is 1.66. The van der Waals surface area contributed by atoms with Crippen LogP contribution in [0.5, 0.6) is 0 Å². The number of carbonyl (C=O) groups excluding carboxylic acids is 1. The fraction of sp³-hybridized carbons (Fsp3) is 0.455. The Balaban J connectivity index is 2.77. The van der Waals surface area contributed by atoms with E-state index in [4.69, 9.17) is 5.11 Å². The van der Waals surface area contributed by atoms with Gasteiger partial charge in [-0.05, 0) is 5.92 Å². The zero-order chi connectivity index (χ0) is 12.1. The van der Waals surface area contributed by atoms with Crippen LogP contribution in [0.2, 0.25) is 0 Å². The van der Waals surface area contributed by atoms with Crippen molar-refractivity contribution in [3.8, 4) is 0 Å². The van der Waals surface area contributed by atoms with Gasteiger partial charge in [-0.1, -0.05) is 31.2 Å². The normalized spacial score (nSPS) is 24.9. The van der Waals surface area contributed by atoms with E-state index >= 15 is 0 Å². The molecule has 0 spiro atoms. The first-order chi connectivity index (χ1) is 7.56. The SMILES string of the molecule is COC(=O)NC(C(=O)O)C1C=CC=CC1C. The van der Waals surface area contributed by atoms with E-state index in [1.54, 1.807) is 12.2 Å². The lowest BCUT2D eigenvalue weighted by Gasteiger charge is -2.26. The number of allylic oxidation sites excluding steroid dienone is 3. The summed E-state index contributed by atoms with van der Waals surface area (Å²) in [5, 5.41) is 11.4. The molecule has 3 atom stereocenters. The van der Waals surface area contributed by atoms with Crippen LogP contribution in [-0.4, -0.2) is 30.3 Å². The quantitative estimate of drug-likeness (QED) is 0.756. The number of amides is 1. The summed E-state index contributed by atoms with van der Waals surface area (Å²) in [6.07, 6.45) is 6.58. The molecule has 16 heavy (non-hydrogen) atoms. The first-order valence-corrected chi connectivity index (χ1v) is 4.98. The summed E-state index contributed by atoms with van der Waals surface area (Å²) in [5.41, 5.74) is 0. The van der Waals surface area contributed by atoms with Gasteiger partial charge in [0.1, 0.15) is 6.04 Å². The van der Waals surface area contributed by atoms with E-state index in [0.29, 0.717) is 0 Å². The summed E-state index contributed by atoms with van der Waals surface area (Å²) < 4.78 is 4.40. The minimum atomic E-state index is -1.07. The Labute approximate surface area is 93.8 Å². The third kappa shape index (κ3) is 2.85. The van der Waals surface area contributed by atoms with E-state index in [1.165, 1.54) is 7.11 Å². The van der Waals surface area contributed by atoms with Gasteiger partial charge in [-0.15, -0.1) is 0 Å². The largest absolute Gasteiger partial charge is 0.480 e. The average Bonchev–Trinajstić information content (AvgIpc) is 2.26. The summed E-state index contributed by atoms with van der Waals surface area (Å²) in [7, 11) is 1.20. The molecule has 88 valence electrons. The lowest BCUT2D eigenvalue weighted by molar-refractivity contribution is -0.140. The van der Waals surface area contributed by atoms with Crippen molar-refractivity contribution in [2.75, 3.05) is 7.11 Å². The van der Waals surface area contributed by atoms with Crippen LogP contribution in [0.25, 0.3) is 0 Å². The van der Waals surface area contributed by atoms with Crippen LogP contribution in [0, 0.1) is 11.8 Å². The molecular formula is C11H15NO4. The number of carbonyl (C=O) groups is 2. The number of carboxylic acids is 1. The first kappa shape index (κ1) is 12.3. The Morgan fingerprint density at radius 1 is 1.38 bits per heavy atom. The zero-order valence-corrected chi connectivity index (χ0v) is 9.21. The highest BCUT2D eigenvalue weighted by atomic mass is 16.5. The molecule has 3 unspecified atom stereocenters. The van der Waals surface area contributed by atoms with Gasteiger partial charge < -0.3 is 15.2 Å². The van der Waals surface area contributed by atoms with Crippen molar-refractivity contribution in [3.05, 3.63) is 24.3 Å². The summed E-state index contributed by atoms with van der Waals surface area (Å²) in [4.78, 5) is 22.1. The third-order valence-corrected chi connectivity index (χ3v) is 2.58. The molecule has 0 aromatic rings. The number of alkyl carbamates (subject to hydrolysis) is 1. The monoisotopic (exact) mass is 225 g/mol. The maximum absolute atomic E-state index is 11.1. The summed E-state index contributed by atoms with van der Waals surface area (Å²) in [6, 6.07) is -0.969. The van der Waals surface area contributed by atoms with Crippen molar-refractivity contribution in [1.82, 2.24) is 5.32 Å². The Morgan fingerprint density at radius 3 is 2.50 bits per heavy atom. The van der Waals surface area contributed by atoms with Crippen molar-refractivity contribution in [1.29, 1.82) is 0 Å². The molecule has 1 amide bonds. The second-order valence-corrected chi connectivity index (χ2v) is 3.66. The third-order valence-electron chi connectivity index (χ3n) is 2.58. The van der Waals surface area contributed by atoms with Gasteiger partial charge in [0.25, 0.3) is 0 Å². The second-order valence-electron chi connectivity index (χ2n) is 3.66. The lowest BCUT2D eigenvalue weighted by Crippen LogP contribution is -2.47. The van der Waals surface area contributed by atoms with Gasteiger partial charge in [0.05, 0.1) is 7.11 Å². The van der Waals surface area contributed by atoms with Crippen LogP contribution in [0.15, 0.2) is 24.3 Å². The predicted octanol–water partition coefficient (Wildman–Crippen LogP) is 1.17. The predicted molar refractivity (Wildman–Crippen MR) is 57.9 cm³/mol. The molecule has 0 saturated heterocycles. The summed E-state index contributed by atoms with van der Waals surface area (Å²) in [5.74, 6) is -1.27. The smallest absolute Gasteiger partial charge is 0.407 e. The molecular weight excluding hydrogens is 210 g/mol. The molecule has 0 saturated carbocycles. The molecule has 5 nitrogen and oxygen atoms in total. The van der Waals surface area contributed by atoms with Gasteiger partial charge in [-0.2, -0.15) is 0 Å². The number of hydrogen-bond acceptors (Lipinski definition) is 3. The van der Waals surface area contributed by atoms with E-state index in [0.717, 1.165) is 0 Å². The van der Waals surface area contributed by atoms with Crippen LogP contribution in [0.1, 0.15) is 6.92 Å². The molecule has 1 aliphatic carbocycles. The van der Waals surface area contributed by atoms with Crippen LogP contribution in [0.3, 0.4) is 0 Å². The number of methoxy groups -OCH3 is 1. The van der Waals surface area contributed by atoms with E-state index < -0.39 is 18.1 Å². The average molecular weight is 225 g/mol. The number of ether oxygens (including phenoxy) is 1. The van der Waals surface area contributed by atoms with E-state index in [-0.39, 0.29) is 11.8 Å². The van der Waals surface area contributed by atoms with Crippen molar-refractivity contribution in [3.63, 3.8) is 0 Å². The molecule has 1 rings (SSSR count). The molecule has 1 aliphatic rings. The highest BCUT2D eigenvalue weighted by molar-refractivity contribution is 5.80. The van der Waals surface area contributed by atoms with Crippen molar-refractivity contribution in [2.45, 2.75) is 13.0 Å². The van der Waals surface area contributed by atoms with Crippen LogP contribution >= 0.6 is 0 Å². The van der Waals surface area contributed by atoms with Gasteiger partial charge in [0, 0.05) is 5.92 Å². The van der Waals surface area contributed by atoms with E-state index in [2.05, 4.69) is 10.1 Å².